The molecule has 2 N–H and O–H groups in total. The normalized spacial score (nSPS) is 16.2. The fraction of sp³-hybridized carbons (Fsp3) is 0.588. The number of halogens is 1. The van der Waals surface area contributed by atoms with Crippen LogP contribution < -0.4 is 5.73 Å². The number of hydrogen-bond donors (Lipinski definition) is 1. The Morgan fingerprint density at radius 1 is 1.20 bits per heavy atom. The third-order valence-corrected chi connectivity index (χ3v) is 6.48. The first-order valence-corrected chi connectivity index (χ1v) is 9.88. The molecule has 8 heteroatoms. The second-order valence-corrected chi connectivity index (χ2v) is 8.48. The van der Waals surface area contributed by atoms with Crippen LogP contribution in [0.3, 0.4) is 0 Å². The van der Waals surface area contributed by atoms with Crippen molar-refractivity contribution in [3.8, 4) is 0 Å². The Bertz CT molecular complexity index is 668. The molecule has 1 aromatic rings. The van der Waals surface area contributed by atoms with Crippen molar-refractivity contribution in [3.63, 3.8) is 0 Å². The summed E-state index contributed by atoms with van der Waals surface area (Å²) in [4.78, 5) is 6.85. The van der Waals surface area contributed by atoms with Crippen molar-refractivity contribution in [2.45, 2.75) is 50.6 Å². The Kier molecular flexibility index (Phi) is 8.62. The van der Waals surface area contributed by atoms with Crippen LogP contribution in [-0.2, 0) is 16.6 Å². The van der Waals surface area contributed by atoms with E-state index in [0.29, 0.717) is 17.4 Å². The van der Waals surface area contributed by atoms with Crippen LogP contribution in [0.1, 0.15) is 38.7 Å². The molecule has 1 aliphatic heterocycles. The van der Waals surface area contributed by atoms with Gasteiger partial charge >= 0.3 is 0 Å². The zero-order valence-electron chi connectivity index (χ0n) is 15.2. The second-order valence-electron chi connectivity index (χ2n) is 6.48. The van der Waals surface area contributed by atoms with Gasteiger partial charge in [0.1, 0.15) is 0 Å². The minimum absolute atomic E-state index is 0. The van der Waals surface area contributed by atoms with Gasteiger partial charge in [0.15, 0.2) is 5.96 Å². The molecule has 0 bridgehead atoms. The van der Waals surface area contributed by atoms with E-state index in [4.69, 9.17) is 5.73 Å². The first-order chi connectivity index (χ1) is 11.3. The van der Waals surface area contributed by atoms with Crippen molar-refractivity contribution in [1.29, 1.82) is 0 Å². The summed E-state index contributed by atoms with van der Waals surface area (Å²) in [6.45, 7) is 6.10. The summed E-state index contributed by atoms with van der Waals surface area (Å²) >= 11 is 0. The van der Waals surface area contributed by atoms with E-state index in [-0.39, 0.29) is 30.0 Å². The van der Waals surface area contributed by atoms with Gasteiger partial charge in [-0.2, -0.15) is 4.31 Å². The van der Waals surface area contributed by atoms with Crippen LogP contribution in [0, 0.1) is 0 Å². The minimum atomic E-state index is -3.44. The summed E-state index contributed by atoms with van der Waals surface area (Å²) in [6, 6.07) is 6.79. The fourth-order valence-electron chi connectivity index (χ4n) is 2.61. The zero-order valence-corrected chi connectivity index (χ0v) is 18.3. The summed E-state index contributed by atoms with van der Waals surface area (Å²) in [7, 11) is -1.84. The van der Waals surface area contributed by atoms with Gasteiger partial charge < -0.3 is 10.6 Å². The number of rotatable bonds is 5. The Morgan fingerprint density at radius 2 is 1.76 bits per heavy atom. The number of nitrogens with two attached hydrogens (primary N) is 1. The average Bonchev–Trinajstić information content (AvgIpc) is 2.60. The molecule has 0 saturated carbocycles. The second kappa shape index (κ2) is 9.72. The van der Waals surface area contributed by atoms with E-state index >= 15 is 0 Å². The predicted octanol–water partition coefficient (Wildman–Crippen LogP) is 2.63. The highest BCUT2D eigenvalue weighted by molar-refractivity contribution is 14.0. The molecule has 0 unspecified atom stereocenters. The lowest BCUT2D eigenvalue weighted by molar-refractivity contribution is 0.338. The summed E-state index contributed by atoms with van der Waals surface area (Å²) in [6.07, 6.45) is 3.57. The molecule has 0 aliphatic carbocycles. The fourth-order valence-corrected chi connectivity index (χ4v) is 3.97. The maximum Gasteiger partial charge on any atom is 0.243 e. The maximum absolute atomic E-state index is 12.4. The molecule has 2 rings (SSSR count). The summed E-state index contributed by atoms with van der Waals surface area (Å²) in [5, 5.41) is 0. The highest BCUT2D eigenvalue weighted by Gasteiger charge is 2.22. The number of hydrogen-bond acceptors (Lipinski definition) is 3. The lowest BCUT2D eigenvalue weighted by Crippen LogP contribution is -2.40. The first kappa shape index (κ1) is 22.2. The third kappa shape index (κ3) is 5.82. The summed E-state index contributed by atoms with van der Waals surface area (Å²) in [5.41, 5.74) is 6.99. The standard InChI is InChI=1S/C17H28N4O2S.HI/c1-14(2)20(3)24(22,23)16-9-7-15(8-10-16)13-19-17(18)21-11-5-4-6-12-21;/h7-10,14H,4-6,11-13H2,1-3H3,(H2,18,19);1H. The molecule has 1 aromatic carbocycles. The lowest BCUT2D eigenvalue weighted by atomic mass is 10.1. The Hall–Kier alpha value is -0.870. The van der Waals surface area contributed by atoms with E-state index in [1.54, 1.807) is 31.3 Å². The number of nitrogens with zero attached hydrogens (tertiary/aromatic N) is 3. The Balaban J connectivity index is 0.00000312. The molecule has 1 heterocycles. The van der Waals surface area contributed by atoms with Crippen molar-refractivity contribution < 1.29 is 8.42 Å². The van der Waals surface area contributed by atoms with Crippen molar-refractivity contribution in [2.75, 3.05) is 20.1 Å². The molecule has 0 spiro atoms. The Morgan fingerprint density at radius 3 is 2.28 bits per heavy atom. The number of benzene rings is 1. The van der Waals surface area contributed by atoms with Gasteiger partial charge in [-0.25, -0.2) is 13.4 Å². The molecule has 1 fully saturated rings. The van der Waals surface area contributed by atoms with Crippen molar-refractivity contribution in [1.82, 2.24) is 9.21 Å². The zero-order chi connectivity index (χ0) is 17.7. The number of guanidine groups is 1. The topological polar surface area (TPSA) is 79.0 Å². The van der Waals surface area contributed by atoms with E-state index in [0.717, 1.165) is 31.5 Å². The molecular formula is C17H29IN4O2S. The number of aliphatic imine (C=N–C) groups is 1. The molecule has 142 valence electrons. The van der Waals surface area contributed by atoms with Crippen LogP contribution in [0.5, 0.6) is 0 Å². The predicted molar refractivity (Wildman–Crippen MR) is 113 cm³/mol. The minimum Gasteiger partial charge on any atom is -0.370 e. The molecule has 0 aromatic heterocycles. The summed E-state index contributed by atoms with van der Waals surface area (Å²) in [5.74, 6) is 0.575. The van der Waals surface area contributed by atoms with Crippen LogP contribution in [0.25, 0.3) is 0 Å². The third-order valence-electron chi connectivity index (χ3n) is 4.43. The van der Waals surface area contributed by atoms with E-state index in [1.165, 1.54) is 10.7 Å². The highest BCUT2D eigenvalue weighted by atomic mass is 127. The van der Waals surface area contributed by atoms with Gasteiger partial charge in [0.2, 0.25) is 10.0 Å². The van der Waals surface area contributed by atoms with Crippen molar-refractivity contribution in [2.24, 2.45) is 10.7 Å². The Labute approximate surface area is 168 Å². The van der Waals surface area contributed by atoms with Gasteiger partial charge in [-0.15, -0.1) is 24.0 Å². The molecule has 25 heavy (non-hydrogen) atoms. The van der Waals surface area contributed by atoms with E-state index in [1.807, 2.05) is 13.8 Å². The van der Waals surface area contributed by atoms with Gasteiger partial charge in [0.05, 0.1) is 11.4 Å². The van der Waals surface area contributed by atoms with Crippen LogP contribution in [0.2, 0.25) is 0 Å². The largest absolute Gasteiger partial charge is 0.370 e. The maximum atomic E-state index is 12.4. The van der Waals surface area contributed by atoms with Gasteiger partial charge in [0, 0.05) is 26.2 Å². The smallest absolute Gasteiger partial charge is 0.243 e. The average molecular weight is 480 g/mol. The number of likely N-dealkylation sites (tertiary alicyclic amines) is 1. The molecule has 0 amide bonds. The van der Waals surface area contributed by atoms with E-state index in [2.05, 4.69) is 9.89 Å². The highest BCUT2D eigenvalue weighted by Crippen LogP contribution is 2.17. The van der Waals surface area contributed by atoms with Gasteiger partial charge in [0.25, 0.3) is 0 Å². The van der Waals surface area contributed by atoms with Crippen LogP contribution in [-0.4, -0.2) is 49.8 Å². The molecule has 0 radical (unpaired) electrons. The quantitative estimate of drug-likeness (QED) is 0.399. The van der Waals surface area contributed by atoms with Crippen molar-refractivity contribution >= 4 is 40.0 Å². The van der Waals surface area contributed by atoms with Gasteiger partial charge in [-0.1, -0.05) is 12.1 Å². The SMILES string of the molecule is CC(C)N(C)S(=O)(=O)c1ccc(CN=C(N)N2CCCCC2)cc1.I. The van der Waals surface area contributed by atoms with Gasteiger partial charge in [-0.05, 0) is 50.8 Å². The first-order valence-electron chi connectivity index (χ1n) is 8.44. The summed E-state index contributed by atoms with van der Waals surface area (Å²) < 4.78 is 26.2. The van der Waals surface area contributed by atoms with Crippen LogP contribution >= 0.6 is 24.0 Å². The lowest BCUT2D eigenvalue weighted by Gasteiger charge is -2.27. The van der Waals surface area contributed by atoms with Crippen molar-refractivity contribution in [3.05, 3.63) is 29.8 Å². The van der Waals surface area contributed by atoms with E-state index < -0.39 is 10.0 Å². The monoisotopic (exact) mass is 480 g/mol. The van der Waals surface area contributed by atoms with Crippen LogP contribution in [0.15, 0.2) is 34.2 Å². The van der Waals surface area contributed by atoms with Gasteiger partial charge in [-0.3, -0.25) is 0 Å². The molecule has 6 nitrogen and oxygen atoms in total. The molecule has 1 saturated heterocycles. The molecule has 0 atom stereocenters. The molecule has 1 aliphatic rings. The molecular weight excluding hydrogens is 451 g/mol. The van der Waals surface area contributed by atoms with E-state index in [9.17, 15) is 8.42 Å². The number of piperidine rings is 1. The number of sulfonamides is 1. The van der Waals surface area contributed by atoms with Crippen LogP contribution in [0.4, 0.5) is 0 Å².